The highest BCUT2D eigenvalue weighted by Gasteiger charge is 2.16. The van der Waals surface area contributed by atoms with Crippen molar-refractivity contribution in [3.8, 4) is 11.5 Å². The Hall–Kier alpha value is -2.08. The van der Waals surface area contributed by atoms with Gasteiger partial charge in [-0.3, -0.25) is 0 Å². The van der Waals surface area contributed by atoms with Gasteiger partial charge in [-0.05, 0) is 6.07 Å². The van der Waals surface area contributed by atoms with Crippen LogP contribution >= 0.6 is 0 Å². The monoisotopic (exact) mass is 233 g/mol. The van der Waals surface area contributed by atoms with Crippen LogP contribution in [0.25, 0.3) is 0 Å². The van der Waals surface area contributed by atoms with E-state index in [1.807, 2.05) is 18.2 Å². The van der Waals surface area contributed by atoms with Crippen molar-refractivity contribution < 1.29 is 14.0 Å². The summed E-state index contributed by atoms with van der Waals surface area (Å²) < 4.78 is 15.4. The van der Waals surface area contributed by atoms with Crippen LogP contribution in [0.15, 0.2) is 29.1 Å². The van der Waals surface area contributed by atoms with E-state index in [0.29, 0.717) is 18.9 Å². The van der Waals surface area contributed by atoms with Crippen LogP contribution < -0.4 is 14.8 Å². The molecule has 0 fully saturated rings. The van der Waals surface area contributed by atoms with Gasteiger partial charge in [0.25, 0.3) is 0 Å². The lowest BCUT2D eigenvalue weighted by Crippen LogP contribution is -2.14. The Kier molecular flexibility index (Phi) is 2.63. The van der Waals surface area contributed by atoms with E-state index in [4.69, 9.17) is 9.47 Å². The first-order chi connectivity index (χ1) is 8.43. The smallest absolute Gasteiger partial charge is 0.231 e. The van der Waals surface area contributed by atoms with Crippen molar-refractivity contribution in [2.75, 3.05) is 6.79 Å². The molecule has 0 radical (unpaired) electrons. The summed E-state index contributed by atoms with van der Waals surface area (Å²) in [6.07, 6.45) is 1.31. The third-order valence-corrected chi connectivity index (χ3v) is 2.48. The van der Waals surface area contributed by atoms with Crippen LogP contribution in [-0.2, 0) is 13.1 Å². The van der Waals surface area contributed by atoms with Crippen LogP contribution in [0.4, 0.5) is 0 Å². The predicted molar refractivity (Wildman–Crippen MR) is 57.4 cm³/mol. The maximum atomic E-state index is 5.41. The average molecular weight is 233 g/mol. The number of nitrogens with one attached hydrogen (secondary N) is 1. The largest absolute Gasteiger partial charge is 0.454 e. The fourth-order valence-electron chi connectivity index (χ4n) is 1.71. The molecule has 1 aromatic carbocycles. The highest BCUT2D eigenvalue weighted by atomic mass is 16.7. The van der Waals surface area contributed by atoms with Gasteiger partial charge in [-0.1, -0.05) is 17.3 Å². The van der Waals surface area contributed by atoms with E-state index in [1.54, 1.807) is 0 Å². The Morgan fingerprint density at radius 3 is 3.12 bits per heavy atom. The van der Waals surface area contributed by atoms with Gasteiger partial charge in [-0.25, -0.2) is 0 Å². The summed E-state index contributed by atoms with van der Waals surface area (Å²) >= 11 is 0. The number of para-hydroxylation sites is 1. The second-order valence-electron chi connectivity index (χ2n) is 3.60. The van der Waals surface area contributed by atoms with Gasteiger partial charge >= 0.3 is 0 Å². The molecule has 1 aromatic heterocycles. The molecule has 1 aliphatic heterocycles. The van der Waals surface area contributed by atoms with Gasteiger partial charge in [0.05, 0.1) is 6.54 Å². The zero-order valence-corrected chi connectivity index (χ0v) is 9.05. The fourth-order valence-corrected chi connectivity index (χ4v) is 1.71. The van der Waals surface area contributed by atoms with Gasteiger partial charge in [0, 0.05) is 12.1 Å². The summed E-state index contributed by atoms with van der Waals surface area (Å²) in [6, 6.07) is 5.83. The van der Waals surface area contributed by atoms with Crippen LogP contribution in [0.2, 0.25) is 0 Å². The van der Waals surface area contributed by atoms with Crippen molar-refractivity contribution in [3.05, 3.63) is 36.0 Å². The van der Waals surface area contributed by atoms with Gasteiger partial charge in [-0.15, -0.1) is 0 Å². The minimum atomic E-state index is 0.289. The van der Waals surface area contributed by atoms with E-state index in [1.165, 1.54) is 6.39 Å². The zero-order valence-electron chi connectivity index (χ0n) is 9.05. The molecule has 0 bridgehead atoms. The molecular weight excluding hydrogens is 222 g/mol. The molecule has 6 nitrogen and oxygen atoms in total. The van der Waals surface area contributed by atoms with Crippen molar-refractivity contribution in [2.24, 2.45) is 0 Å². The summed E-state index contributed by atoms with van der Waals surface area (Å²) in [7, 11) is 0. The third kappa shape index (κ3) is 2.07. The molecular formula is C11H11N3O3. The first kappa shape index (κ1) is 10.1. The van der Waals surface area contributed by atoms with Crippen LogP contribution in [0, 0.1) is 0 Å². The minimum Gasteiger partial charge on any atom is -0.454 e. The molecule has 17 heavy (non-hydrogen) atoms. The van der Waals surface area contributed by atoms with Gasteiger partial charge < -0.3 is 19.3 Å². The summed E-state index contributed by atoms with van der Waals surface area (Å²) in [5.41, 5.74) is 1.06. The van der Waals surface area contributed by atoms with Gasteiger partial charge in [0.15, 0.2) is 17.3 Å². The molecule has 0 amide bonds. The Balaban J connectivity index is 1.64. The van der Waals surface area contributed by atoms with Crippen molar-refractivity contribution in [1.29, 1.82) is 0 Å². The number of benzene rings is 1. The lowest BCUT2D eigenvalue weighted by Gasteiger charge is -2.05. The van der Waals surface area contributed by atoms with Crippen LogP contribution in [0.1, 0.15) is 11.4 Å². The van der Waals surface area contributed by atoms with Crippen molar-refractivity contribution >= 4 is 0 Å². The normalized spacial score (nSPS) is 12.9. The van der Waals surface area contributed by atoms with Gasteiger partial charge in [-0.2, -0.15) is 4.98 Å². The number of fused-ring (bicyclic) bond motifs is 1. The Bertz CT molecular complexity index is 499. The van der Waals surface area contributed by atoms with E-state index < -0.39 is 0 Å². The Morgan fingerprint density at radius 1 is 1.24 bits per heavy atom. The summed E-state index contributed by atoms with van der Waals surface area (Å²) in [5.74, 6) is 2.24. The number of hydrogen-bond donors (Lipinski definition) is 1. The highest BCUT2D eigenvalue weighted by molar-refractivity contribution is 5.48. The predicted octanol–water partition coefficient (Wildman–Crippen LogP) is 1.09. The van der Waals surface area contributed by atoms with Crippen molar-refractivity contribution in [3.63, 3.8) is 0 Å². The number of nitrogens with zero attached hydrogens (tertiary/aromatic N) is 2. The maximum Gasteiger partial charge on any atom is 0.231 e. The van der Waals surface area contributed by atoms with Gasteiger partial charge in [0.1, 0.15) is 0 Å². The second kappa shape index (κ2) is 4.42. The molecule has 0 aliphatic carbocycles. The highest BCUT2D eigenvalue weighted by Crippen LogP contribution is 2.35. The van der Waals surface area contributed by atoms with Crippen molar-refractivity contribution in [1.82, 2.24) is 15.5 Å². The number of aromatic nitrogens is 2. The quantitative estimate of drug-likeness (QED) is 0.852. The number of ether oxygens (including phenoxy) is 2. The molecule has 0 spiro atoms. The summed E-state index contributed by atoms with van der Waals surface area (Å²) in [5, 5.41) is 6.93. The lowest BCUT2D eigenvalue weighted by molar-refractivity contribution is 0.173. The summed E-state index contributed by atoms with van der Waals surface area (Å²) in [4.78, 5) is 3.92. The standard InChI is InChI=1S/C11H11N3O3/c1-2-8(11-9(3-1)15-7-16-11)4-12-5-10-13-6-17-14-10/h1-3,6,12H,4-5,7H2. The van der Waals surface area contributed by atoms with E-state index in [0.717, 1.165) is 17.1 Å². The van der Waals surface area contributed by atoms with Crippen molar-refractivity contribution in [2.45, 2.75) is 13.1 Å². The first-order valence-electron chi connectivity index (χ1n) is 5.27. The van der Waals surface area contributed by atoms with E-state index in [-0.39, 0.29) is 6.79 Å². The minimum absolute atomic E-state index is 0.289. The molecule has 2 heterocycles. The molecule has 3 rings (SSSR count). The molecule has 0 unspecified atom stereocenters. The first-order valence-corrected chi connectivity index (χ1v) is 5.27. The SMILES string of the molecule is c1cc(CNCc2ncon2)c2c(c1)OCO2. The summed E-state index contributed by atoms with van der Waals surface area (Å²) in [6.45, 7) is 1.51. The molecule has 6 heteroatoms. The molecule has 88 valence electrons. The molecule has 0 atom stereocenters. The molecule has 2 aromatic rings. The topological polar surface area (TPSA) is 69.4 Å². The Labute approximate surface area is 97.5 Å². The third-order valence-electron chi connectivity index (χ3n) is 2.48. The molecule has 0 saturated carbocycles. The maximum absolute atomic E-state index is 5.41. The fraction of sp³-hybridized carbons (Fsp3) is 0.273. The second-order valence-corrected chi connectivity index (χ2v) is 3.60. The van der Waals surface area contributed by atoms with E-state index in [9.17, 15) is 0 Å². The van der Waals surface area contributed by atoms with Crippen LogP contribution in [0.5, 0.6) is 11.5 Å². The van der Waals surface area contributed by atoms with Crippen LogP contribution in [-0.4, -0.2) is 16.9 Å². The zero-order chi connectivity index (χ0) is 11.5. The van der Waals surface area contributed by atoms with E-state index in [2.05, 4.69) is 20.0 Å². The molecule has 1 aliphatic rings. The van der Waals surface area contributed by atoms with Crippen LogP contribution in [0.3, 0.4) is 0 Å². The van der Waals surface area contributed by atoms with E-state index >= 15 is 0 Å². The molecule has 1 N–H and O–H groups in total. The average Bonchev–Trinajstić information content (AvgIpc) is 2.99. The number of rotatable bonds is 4. The Morgan fingerprint density at radius 2 is 2.24 bits per heavy atom. The molecule has 0 saturated heterocycles. The van der Waals surface area contributed by atoms with Gasteiger partial charge in [0.2, 0.25) is 13.2 Å². The lowest BCUT2D eigenvalue weighted by atomic mass is 10.2. The number of hydrogen-bond acceptors (Lipinski definition) is 6.